The molecule has 0 fully saturated rings. The number of aromatic nitrogens is 1. The number of hydrazone groups is 1. The van der Waals surface area contributed by atoms with Crippen LogP contribution in [0.15, 0.2) is 41.5 Å². The Bertz CT molecular complexity index is 1000. The van der Waals surface area contributed by atoms with E-state index in [-0.39, 0.29) is 18.4 Å². The summed E-state index contributed by atoms with van der Waals surface area (Å²) in [4.78, 5) is 16.3. The smallest absolute Gasteiger partial charge is 0.244 e. The molecule has 1 aromatic heterocycles. The molecule has 0 unspecified atom stereocenters. The number of carbonyl (C=O) groups excluding carboxylic acids is 1. The van der Waals surface area contributed by atoms with Crippen LogP contribution in [0.4, 0.5) is 5.13 Å². The minimum absolute atomic E-state index is 0.0434. The largest absolute Gasteiger partial charge is 0.489 e. The molecule has 6 nitrogen and oxygen atoms in total. The number of hydrogen-bond acceptors (Lipinski definition) is 6. The Kier molecular flexibility index (Phi) is 5.93. The summed E-state index contributed by atoms with van der Waals surface area (Å²) in [6.07, 6.45) is 1.80. The second kappa shape index (κ2) is 8.37. The molecule has 3 aromatic rings. The van der Waals surface area contributed by atoms with Gasteiger partial charge in [0.1, 0.15) is 5.75 Å². The Morgan fingerprint density at radius 2 is 2.19 bits per heavy atom. The van der Waals surface area contributed by atoms with Crippen LogP contribution in [0.5, 0.6) is 5.75 Å². The summed E-state index contributed by atoms with van der Waals surface area (Å²) < 4.78 is 6.54. The van der Waals surface area contributed by atoms with Crippen LogP contribution in [0, 0.1) is 0 Å². The Morgan fingerprint density at radius 3 is 2.93 bits per heavy atom. The number of benzene rings is 2. The lowest BCUT2D eigenvalue weighted by Gasteiger charge is -2.11. The molecule has 0 saturated heterocycles. The van der Waals surface area contributed by atoms with Gasteiger partial charge >= 0.3 is 0 Å². The van der Waals surface area contributed by atoms with Crippen LogP contribution in [0.2, 0.25) is 5.02 Å². The van der Waals surface area contributed by atoms with E-state index in [4.69, 9.17) is 22.1 Å². The van der Waals surface area contributed by atoms with Gasteiger partial charge in [0.2, 0.25) is 5.91 Å². The van der Waals surface area contributed by atoms with Crippen molar-refractivity contribution in [2.24, 2.45) is 5.10 Å². The number of thiazole rings is 1. The van der Waals surface area contributed by atoms with Gasteiger partial charge in [-0.15, -0.1) is 0 Å². The molecule has 0 spiro atoms. The molecule has 0 radical (unpaired) electrons. The molecule has 0 atom stereocenters. The number of anilines is 1. The highest BCUT2D eigenvalue weighted by Crippen LogP contribution is 2.26. The van der Waals surface area contributed by atoms with Gasteiger partial charge in [-0.1, -0.05) is 29.0 Å². The molecule has 0 aliphatic heterocycles. The van der Waals surface area contributed by atoms with Crippen LogP contribution >= 0.6 is 22.9 Å². The van der Waals surface area contributed by atoms with Gasteiger partial charge in [0.25, 0.3) is 0 Å². The van der Waals surface area contributed by atoms with Gasteiger partial charge in [-0.3, -0.25) is 4.79 Å². The van der Waals surface area contributed by atoms with Crippen LogP contribution in [-0.2, 0) is 11.2 Å². The van der Waals surface area contributed by atoms with E-state index in [1.54, 1.807) is 12.1 Å². The van der Waals surface area contributed by atoms with Crippen molar-refractivity contribution in [3.05, 3.63) is 52.5 Å². The van der Waals surface area contributed by atoms with Crippen LogP contribution in [-0.4, -0.2) is 23.2 Å². The highest BCUT2D eigenvalue weighted by atomic mass is 35.5. The molecule has 3 rings (SSSR count). The molecule has 8 heteroatoms. The number of hydrogen-bond donors (Lipinski definition) is 2. The van der Waals surface area contributed by atoms with E-state index in [0.29, 0.717) is 15.9 Å². The third-order valence-corrected chi connectivity index (χ3v) is 4.70. The normalized spacial score (nSPS) is 11.4. The molecule has 0 bridgehead atoms. The maximum Gasteiger partial charge on any atom is 0.244 e. The number of ether oxygens (including phenoxy) is 1. The van der Waals surface area contributed by atoms with E-state index < -0.39 is 0 Å². The monoisotopic (exact) mass is 402 g/mol. The average molecular weight is 403 g/mol. The lowest BCUT2D eigenvalue weighted by molar-refractivity contribution is -0.120. The van der Waals surface area contributed by atoms with Gasteiger partial charge in [-0.2, -0.15) is 5.10 Å². The van der Waals surface area contributed by atoms with Crippen molar-refractivity contribution in [2.45, 2.75) is 26.4 Å². The second-order valence-electron chi connectivity index (χ2n) is 6.18. The fourth-order valence-electron chi connectivity index (χ4n) is 2.45. The minimum Gasteiger partial charge on any atom is -0.489 e. The molecule has 0 saturated carbocycles. The summed E-state index contributed by atoms with van der Waals surface area (Å²) in [5.41, 5.74) is 10.7. The van der Waals surface area contributed by atoms with E-state index in [1.165, 1.54) is 17.6 Å². The quantitative estimate of drug-likeness (QED) is 0.481. The van der Waals surface area contributed by atoms with Crippen molar-refractivity contribution in [1.82, 2.24) is 10.4 Å². The highest BCUT2D eigenvalue weighted by Gasteiger charge is 2.07. The third kappa shape index (κ3) is 5.18. The first-order valence-corrected chi connectivity index (χ1v) is 9.53. The van der Waals surface area contributed by atoms with Gasteiger partial charge in [0, 0.05) is 0 Å². The first-order chi connectivity index (χ1) is 12.9. The Labute approximate surface area is 166 Å². The van der Waals surface area contributed by atoms with E-state index in [2.05, 4.69) is 15.5 Å². The Morgan fingerprint density at radius 1 is 1.37 bits per heavy atom. The number of nitrogens with zero attached hydrogens (tertiary/aromatic N) is 2. The van der Waals surface area contributed by atoms with Crippen molar-refractivity contribution in [2.75, 3.05) is 5.73 Å². The zero-order chi connectivity index (χ0) is 19.4. The topological polar surface area (TPSA) is 89.6 Å². The molecular formula is C19H19ClN4O2S. The van der Waals surface area contributed by atoms with Crippen LogP contribution < -0.4 is 15.9 Å². The molecule has 0 aliphatic rings. The van der Waals surface area contributed by atoms with E-state index in [0.717, 1.165) is 21.3 Å². The fraction of sp³-hybridized carbons (Fsp3) is 0.211. The predicted octanol–water partition coefficient (Wildman–Crippen LogP) is 4.01. The lowest BCUT2D eigenvalue weighted by atomic mass is 10.1. The number of carbonyl (C=O) groups is 1. The fourth-order valence-corrected chi connectivity index (χ4v) is 3.48. The lowest BCUT2D eigenvalue weighted by Crippen LogP contribution is -2.19. The minimum atomic E-state index is -0.214. The molecule has 27 heavy (non-hydrogen) atoms. The Balaban J connectivity index is 1.58. The zero-order valence-electron chi connectivity index (χ0n) is 14.9. The van der Waals surface area contributed by atoms with Gasteiger partial charge in [-0.25, -0.2) is 10.4 Å². The SMILES string of the molecule is CC(C)Oc1ccc(/C=N\NC(=O)Cc2ccc3nc(N)sc3c2)cc1Cl. The summed E-state index contributed by atoms with van der Waals surface area (Å²) in [6.45, 7) is 3.87. The van der Waals surface area contributed by atoms with Crippen molar-refractivity contribution in [1.29, 1.82) is 0 Å². The molecule has 140 valence electrons. The molecule has 1 amide bonds. The van der Waals surface area contributed by atoms with Crippen molar-refractivity contribution >= 4 is 50.4 Å². The van der Waals surface area contributed by atoms with Gasteiger partial charge < -0.3 is 10.5 Å². The van der Waals surface area contributed by atoms with Gasteiger partial charge in [0.05, 0.1) is 34.0 Å². The average Bonchev–Trinajstić information content (AvgIpc) is 2.96. The number of nitrogens with one attached hydrogen (secondary N) is 1. The summed E-state index contributed by atoms with van der Waals surface area (Å²) in [6, 6.07) is 11.0. The van der Waals surface area contributed by atoms with Gasteiger partial charge in [0.15, 0.2) is 5.13 Å². The molecule has 0 aliphatic carbocycles. The van der Waals surface area contributed by atoms with Crippen molar-refractivity contribution < 1.29 is 9.53 Å². The maximum atomic E-state index is 12.1. The molecule has 1 heterocycles. The summed E-state index contributed by atoms with van der Waals surface area (Å²) >= 11 is 7.58. The molecule has 3 N–H and O–H groups in total. The number of amides is 1. The van der Waals surface area contributed by atoms with E-state index in [1.807, 2.05) is 38.1 Å². The summed E-state index contributed by atoms with van der Waals surface area (Å²) in [5.74, 6) is 0.404. The maximum absolute atomic E-state index is 12.1. The van der Waals surface area contributed by atoms with E-state index >= 15 is 0 Å². The predicted molar refractivity (Wildman–Crippen MR) is 111 cm³/mol. The summed E-state index contributed by atoms with van der Waals surface area (Å²) in [5, 5.41) is 4.99. The zero-order valence-corrected chi connectivity index (χ0v) is 16.5. The summed E-state index contributed by atoms with van der Waals surface area (Å²) in [7, 11) is 0. The first-order valence-electron chi connectivity index (χ1n) is 8.34. The second-order valence-corrected chi connectivity index (χ2v) is 7.65. The number of rotatable bonds is 6. The van der Waals surface area contributed by atoms with Crippen LogP contribution in [0.25, 0.3) is 10.2 Å². The number of nitrogen functional groups attached to an aromatic ring is 1. The number of fused-ring (bicyclic) bond motifs is 1. The van der Waals surface area contributed by atoms with Crippen molar-refractivity contribution in [3.63, 3.8) is 0 Å². The van der Waals surface area contributed by atoms with Gasteiger partial charge in [-0.05, 0) is 55.3 Å². The van der Waals surface area contributed by atoms with Crippen LogP contribution in [0.1, 0.15) is 25.0 Å². The molecule has 2 aromatic carbocycles. The van der Waals surface area contributed by atoms with Crippen molar-refractivity contribution in [3.8, 4) is 5.75 Å². The number of halogens is 1. The molecular weight excluding hydrogens is 384 g/mol. The number of nitrogens with two attached hydrogens (primary N) is 1. The standard InChI is InChI=1S/C19H19ClN4O2S/c1-11(2)26-16-6-4-13(7-14(16)20)10-22-24-18(25)9-12-3-5-15-17(8-12)27-19(21)23-15/h3-8,10-11H,9H2,1-2H3,(H2,21,23)(H,24,25)/b22-10-. The van der Waals surface area contributed by atoms with Crippen LogP contribution in [0.3, 0.4) is 0 Å². The van der Waals surface area contributed by atoms with E-state index in [9.17, 15) is 4.79 Å². The first kappa shape index (κ1) is 19.1. The highest BCUT2D eigenvalue weighted by molar-refractivity contribution is 7.22. The third-order valence-electron chi connectivity index (χ3n) is 3.56. The Hall–Kier alpha value is -2.64.